The van der Waals surface area contributed by atoms with Crippen LogP contribution >= 0.6 is 11.6 Å². The van der Waals surface area contributed by atoms with Crippen molar-refractivity contribution < 1.29 is 31.2 Å². The van der Waals surface area contributed by atoms with E-state index in [-0.39, 0.29) is 9.99 Å². The molecule has 0 unspecified atom stereocenters. The van der Waals surface area contributed by atoms with Crippen LogP contribution in [0.3, 0.4) is 0 Å². The highest BCUT2D eigenvalue weighted by atomic mass is 35.5. The molecule has 2 aromatic carbocycles. The lowest BCUT2D eigenvalue weighted by Crippen LogP contribution is -2.36. The number of hydroxylamine groups is 1. The van der Waals surface area contributed by atoms with Crippen molar-refractivity contribution in [3.8, 4) is 5.82 Å². The van der Waals surface area contributed by atoms with E-state index >= 15 is 0 Å². The number of imidazole rings is 1. The van der Waals surface area contributed by atoms with Gasteiger partial charge in [0.15, 0.2) is 0 Å². The molecule has 0 spiro atoms. The summed E-state index contributed by atoms with van der Waals surface area (Å²) < 4.78 is 64.1. The van der Waals surface area contributed by atoms with Crippen LogP contribution in [0.1, 0.15) is 0 Å². The van der Waals surface area contributed by atoms with E-state index in [9.17, 15) is 26.4 Å². The van der Waals surface area contributed by atoms with Crippen LogP contribution in [-0.4, -0.2) is 51.6 Å². The minimum atomic E-state index is -5.36. The van der Waals surface area contributed by atoms with Gasteiger partial charge >= 0.3 is 12.1 Å². The molecule has 10 nitrogen and oxygen atoms in total. The lowest BCUT2D eigenvalue weighted by molar-refractivity contribution is -0.219. The number of hydrogen-bond acceptors (Lipinski definition) is 8. The third-order valence-electron chi connectivity index (χ3n) is 4.61. The maximum atomic E-state index is 12.7. The Balaban J connectivity index is 1.66. The lowest BCUT2D eigenvalue weighted by atomic mass is 10.3. The highest BCUT2D eigenvalue weighted by Gasteiger charge is 2.43. The molecule has 0 saturated carbocycles. The third-order valence-corrected chi connectivity index (χ3v) is 6.47. The lowest BCUT2D eigenvalue weighted by Gasteiger charge is -2.17. The summed E-state index contributed by atoms with van der Waals surface area (Å²) in [6.07, 6.45) is -2.69. The number of hydrogen-bond donors (Lipinski definition) is 1. The van der Waals surface area contributed by atoms with Gasteiger partial charge in [-0.15, -0.1) is 0 Å². The van der Waals surface area contributed by atoms with Gasteiger partial charge in [0.25, 0.3) is 10.0 Å². The van der Waals surface area contributed by atoms with Crippen LogP contribution in [0.2, 0.25) is 5.02 Å². The Morgan fingerprint density at radius 2 is 1.80 bits per heavy atom. The molecule has 0 fully saturated rings. The van der Waals surface area contributed by atoms with E-state index in [1.807, 2.05) is 0 Å². The second-order valence-corrected chi connectivity index (χ2v) is 9.32. The number of nitrogens with zero attached hydrogens (tertiary/aromatic N) is 5. The average molecular weight is 527 g/mol. The number of sulfonamides is 1. The molecule has 0 aliphatic carbocycles. The molecule has 35 heavy (non-hydrogen) atoms. The van der Waals surface area contributed by atoms with Crippen LogP contribution < -0.4 is 5.32 Å². The third kappa shape index (κ3) is 5.18. The topological polar surface area (TPSA) is 119 Å². The van der Waals surface area contributed by atoms with Gasteiger partial charge in [-0.2, -0.15) is 13.2 Å². The minimum Gasteiger partial charge on any atom is -0.345 e. The molecule has 182 valence electrons. The SMILES string of the molecule is CN(OC(=O)C(F)(F)F)S(=O)(=O)c1ccc2ncn(-c3cc(Nc4ccc(Cl)cc4)ncn3)c2c1. The second-order valence-electron chi connectivity index (χ2n) is 6.95. The Kier molecular flexibility index (Phi) is 6.36. The van der Waals surface area contributed by atoms with Crippen molar-refractivity contribution in [3.63, 3.8) is 0 Å². The van der Waals surface area contributed by atoms with E-state index in [4.69, 9.17) is 11.6 Å². The summed E-state index contributed by atoms with van der Waals surface area (Å²) in [5.41, 5.74) is 1.36. The Morgan fingerprint density at radius 3 is 2.49 bits per heavy atom. The van der Waals surface area contributed by atoms with E-state index in [0.29, 0.717) is 34.9 Å². The molecular formula is C20H14ClF3N6O4S. The Bertz CT molecular complexity index is 1510. The number of benzene rings is 2. The molecule has 2 aromatic heterocycles. The molecule has 2 heterocycles. The second kappa shape index (κ2) is 9.13. The molecule has 0 amide bonds. The number of fused-ring (bicyclic) bond motifs is 1. The van der Waals surface area contributed by atoms with Gasteiger partial charge in [0.05, 0.1) is 15.9 Å². The van der Waals surface area contributed by atoms with Crippen LogP contribution in [0, 0.1) is 0 Å². The Morgan fingerprint density at radius 1 is 1.09 bits per heavy atom. The van der Waals surface area contributed by atoms with Gasteiger partial charge < -0.3 is 10.2 Å². The monoisotopic (exact) mass is 526 g/mol. The predicted octanol–water partition coefficient (Wildman–Crippen LogP) is 3.85. The van der Waals surface area contributed by atoms with Gasteiger partial charge in [-0.3, -0.25) is 4.57 Å². The fourth-order valence-corrected chi connectivity index (χ4v) is 4.01. The fourth-order valence-electron chi connectivity index (χ4n) is 2.92. The van der Waals surface area contributed by atoms with Gasteiger partial charge in [-0.25, -0.2) is 28.2 Å². The highest BCUT2D eigenvalue weighted by molar-refractivity contribution is 7.89. The van der Waals surface area contributed by atoms with Gasteiger partial charge in [-0.1, -0.05) is 11.6 Å². The number of halogens is 4. The standard InChI is InChI=1S/C20H14ClF3N6O4S/c1-29(34-19(31)20(22,23)24)35(32,33)14-6-7-15-16(8-14)30(11-27-15)18-9-17(25-10-26-18)28-13-4-2-12(21)3-5-13/h2-11H,1H3,(H,25,26,28). The zero-order chi connectivity index (χ0) is 25.4. The van der Waals surface area contributed by atoms with Crippen LogP contribution in [0.5, 0.6) is 0 Å². The fraction of sp³-hybridized carbons (Fsp3) is 0.100. The summed E-state index contributed by atoms with van der Waals surface area (Å²) in [7, 11) is -3.94. The van der Waals surface area contributed by atoms with E-state index in [1.54, 1.807) is 30.3 Å². The normalized spacial score (nSPS) is 12.2. The van der Waals surface area contributed by atoms with Gasteiger partial charge in [-0.05, 0) is 46.9 Å². The summed E-state index contributed by atoms with van der Waals surface area (Å²) >= 11 is 5.89. The number of aromatic nitrogens is 4. The maximum absolute atomic E-state index is 12.7. The number of carbonyl (C=O) groups excluding carboxylic acids is 1. The van der Waals surface area contributed by atoms with Crippen molar-refractivity contribution in [3.05, 3.63) is 66.2 Å². The zero-order valence-electron chi connectivity index (χ0n) is 17.6. The van der Waals surface area contributed by atoms with Crippen LogP contribution in [0.4, 0.5) is 24.7 Å². The molecule has 15 heteroatoms. The Labute approximate surface area is 200 Å². The molecule has 0 saturated heterocycles. The maximum Gasteiger partial charge on any atom is 0.492 e. The number of anilines is 2. The number of alkyl halides is 3. The number of nitrogens with one attached hydrogen (secondary N) is 1. The molecule has 0 aliphatic heterocycles. The van der Waals surface area contributed by atoms with Crippen molar-refractivity contribution in [1.29, 1.82) is 0 Å². The van der Waals surface area contributed by atoms with E-state index in [1.165, 1.54) is 29.4 Å². The highest BCUT2D eigenvalue weighted by Crippen LogP contribution is 2.25. The predicted molar refractivity (Wildman–Crippen MR) is 118 cm³/mol. The molecular weight excluding hydrogens is 513 g/mol. The summed E-state index contributed by atoms with van der Waals surface area (Å²) in [6.45, 7) is 0. The number of rotatable bonds is 6. The van der Waals surface area contributed by atoms with Gasteiger partial charge in [0.1, 0.15) is 24.3 Å². The van der Waals surface area contributed by atoms with Crippen LogP contribution in [0.25, 0.3) is 16.9 Å². The van der Waals surface area contributed by atoms with Gasteiger partial charge in [0, 0.05) is 23.8 Å². The molecule has 0 atom stereocenters. The van der Waals surface area contributed by atoms with Crippen LogP contribution in [0.15, 0.2) is 66.1 Å². The summed E-state index contributed by atoms with van der Waals surface area (Å²) in [4.78, 5) is 27.1. The first kappa shape index (κ1) is 24.4. The van der Waals surface area contributed by atoms with Crippen LogP contribution in [-0.2, 0) is 19.7 Å². The molecule has 4 aromatic rings. The molecule has 1 N–H and O–H groups in total. The smallest absolute Gasteiger partial charge is 0.345 e. The van der Waals surface area contributed by atoms with Crippen molar-refractivity contribution in [2.75, 3.05) is 12.4 Å². The molecule has 0 radical (unpaired) electrons. The summed E-state index contributed by atoms with van der Waals surface area (Å²) in [5, 5.41) is 3.64. The van der Waals surface area contributed by atoms with Crippen molar-refractivity contribution in [1.82, 2.24) is 24.0 Å². The quantitative estimate of drug-likeness (QED) is 0.376. The first-order valence-corrected chi connectivity index (χ1v) is 11.4. The first-order valence-electron chi connectivity index (χ1n) is 9.55. The summed E-state index contributed by atoms with van der Waals surface area (Å²) in [5.74, 6) is -1.93. The molecule has 0 bridgehead atoms. The van der Waals surface area contributed by atoms with Crippen molar-refractivity contribution in [2.24, 2.45) is 0 Å². The van der Waals surface area contributed by atoms with Crippen molar-refractivity contribution >= 4 is 50.1 Å². The molecule has 0 aliphatic rings. The first-order chi connectivity index (χ1) is 16.4. The minimum absolute atomic E-state index is 0.149. The Hall–Kier alpha value is -3.75. The zero-order valence-corrected chi connectivity index (χ0v) is 19.1. The average Bonchev–Trinajstić information content (AvgIpc) is 3.23. The summed E-state index contributed by atoms with van der Waals surface area (Å²) in [6, 6.07) is 12.1. The largest absolute Gasteiger partial charge is 0.492 e. The van der Waals surface area contributed by atoms with Gasteiger partial charge in [0.2, 0.25) is 0 Å². The molecule has 4 rings (SSSR count). The number of carbonyl (C=O) groups is 1. The van der Waals surface area contributed by atoms with Crippen molar-refractivity contribution in [2.45, 2.75) is 11.1 Å². The van der Waals surface area contributed by atoms with E-state index in [2.05, 4.69) is 25.1 Å². The van der Waals surface area contributed by atoms with E-state index in [0.717, 1.165) is 6.07 Å². The van der Waals surface area contributed by atoms with E-state index < -0.39 is 27.1 Å².